The zero-order valence-corrected chi connectivity index (χ0v) is 14.7. The zero-order valence-electron chi connectivity index (χ0n) is 13.8. The van der Waals surface area contributed by atoms with E-state index in [1.165, 1.54) is 17.8 Å². The normalized spacial score (nSPS) is 21.5. The van der Waals surface area contributed by atoms with E-state index in [9.17, 15) is 18.4 Å². The maximum absolute atomic E-state index is 13.2. The molecule has 2 heterocycles. The first-order valence-corrected chi connectivity index (χ1v) is 9.39. The highest BCUT2D eigenvalue weighted by Gasteiger charge is 2.31. The first kappa shape index (κ1) is 18.1. The van der Waals surface area contributed by atoms with E-state index in [2.05, 4.69) is 5.32 Å². The van der Waals surface area contributed by atoms with Crippen molar-refractivity contribution in [1.82, 2.24) is 15.1 Å². The van der Waals surface area contributed by atoms with E-state index in [0.29, 0.717) is 31.1 Å². The van der Waals surface area contributed by atoms with Crippen LogP contribution in [-0.2, 0) is 9.59 Å². The predicted octanol–water partition coefficient (Wildman–Crippen LogP) is 1.48. The Hall–Kier alpha value is -1.67. The highest BCUT2D eigenvalue weighted by atomic mass is 32.2. The van der Waals surface area contributed by atoms with Gasteiger partial charge in [0.25, 0.3) is 0 Å². The van der Waals surface area contributed by atoms with Crippen LogP contribution >= 0.6 is 11.8 Å². The summed E-state index contributed by atoms with van der Waals surface area (Å²) in [5.41, 5.74) is 0. The van der Waals surface area contributed by atoms with Crippen LogP contribution in [0.3, 0.4) is 0 Å². The number of piperidine rings is 1. The largest absolute Gasteiger partial charge is 0.340 e. The third-order valence-electron chi connectivity index (χ3n) is 4.57. The minimum atomic E-state index is -0.910. The lowest BCUT2D eigenvalue weighted by Crippen LogP contribution is -2.57. The average molecular weight is 369 g/mol. The molecule has 2 amide bonds. The molecule has 0 aromatic heterocycles. The van der Waals surface area contributed by atoms with Gasteiger partial charge in [0.1, 0.15) is 0 Å². The Labute approximate surface area is 149 Å². The van der Waals surface area contributed by atoms with Crippen LogP contribution in [0.1, 0.15) is 12.8 Å². The molecule has 25 heavy (non-hydrogen) atoms. The maximum Gasteiger partial charge on any atom is 0.236 e. The van der Waals surface area contributed by atoms with E-state index in [1.807, 2.05) is 4.90 Å². The van der Waals surface area contributed by atoms with Gasteiger partial charge in [0.15, 0.2) is 11.6 Å². The number of piperazine rings is 1. The molecule has 5 nitrogen and oxygen atoms in total. The standard InChI is InChI=1S/C17H21F2N3O2S/c18-14-4-3-13(8-15(14)19)25-11-17(24)21-6-1-2-12(10-21)22-7-5-20-9-16(22)23/h3-4,8,12,20H,1-2,5-7,9-11H2. The Morgan fingerprint density at radius 2 is 2.12 bits per heavy atom. The van der Waals surface area contributed by atoms with Crippen molar-refractivity contribution in [1.29, 1.82) is 0 Å². The van der Waals surface area contributed by atoms with Gasteiger partial charge in [-0.05, 0) is 31.0 Å². The van der Waals surface area contributed by atoms with Gasteiger partial charge >= 0.3 is 0 Å². The van der Waals surface area contributed by atoms with E-state index in [4.69, 9.17) is 0 Å². The molecule has 2 fully saturated rings. The molecule has 3 rings (SSSR count). The molecule has 2 saturated heterocycles. The number of nitrogens with zero attached hydrogens (tertiary/aromatic N) is 2. The summed E-state index contributed by atoms with van der Waals surface area (Å²) >= 11 is 1.19. The molecule has 1 N–H and O–H groups in total. The second kappa shape index (κ2) is 8.14. The van der Waals surface area contributed by atoms with Crippen molar-refractivity contribution in [2.45, 2.75) is 23.8 Å². The lowest BCUT2D eigenvalue weighted by Gasteiger charge is -2.41. The summed E-state index contributed by atoms with van der Waals surface area (Å²) < 4.78 is 26.2. The molecule has 0 spiro atoms. The number of amides is 2. The Kier molecular flexibility index (Phi) is 5.90. The van der Waals surface area contributed by atoms with E-state index in [1.54, 1.807) is 4.90 Å². The van der Waals surface area contributed by atoms with Crippen LogP contribution in [0.2, 0.25) is 0 Å². The zero-order chi connectivity index (χ0) is 17.8. The van der Waals surface area contributed by atoms with Crippen molar-refractivity contribution in [2.75, 3.05) is 38.5 Å². The molecule has 1 unspecified atom stereocenters. The molecule has 0 bridgehead atoms. The Bertz CT molecular complexity index is 659. The SMILES string of the molecule is O=C(CSc1ccc(F)c(F)c1)N1CCCC(N2CCNCC2=O)C1. The van der Waals surface area contributed by atoms with Gasteiger partial charge in [0.05, 0.1) is 12.3 Å². The molecule has 8 heteroatoms. The van der Waals surface area contributed by atoms with Crippen LogP contribution in [0.4, 0.5) is 8.78 Å². The lowest BCUT2D eigenvalue weighted by atomic mass is 10.0. The van der Waals surface area contributed by atoms with E-state index in [-0.39, 0.29) is 23.6 Å². The number of benzene rings is 1. The molecule has 1 aromatic rings. The topological polar surface area (TPSA) is 52.7 Å². The second-order valence-electron chi connectivity index (χ2n) is 6.26. The minimum Gasteiger partial charge on any atom is -0.340 e. The van der Waals surface area contributed by atoms with Gasteiger partial charge in [-0.1, -0.05) is 0 Å². The molecule has 0 radical (unpaired) electrons. The molecule has 1 atom stereocenters. The molecule has 136 valence electrons. The molecular formula is C17H21F2N3O2S. The van der Waals surface area contributed by atoms with Crippen molar-refractivity contribution < 1.29 is 18.4 Å². The summed E-state index contributed by atoms with van der Waals surface area (Å²) in [5, 5.41) is 3.05. The van der Waals surface area contributed by atoms with Crippen molar-refractivity contribution in [3.63, 3.8) is 0 Å². The quantitative estimate of drug-likeness (QED) is 0.817. The van der Waals surface area contributed by atoms with Gasteiger partial charge in [0, 0.05) is 37.1 Å². The van der Waals surface area contributed by atoms with E-state index >= 15 is 0 Å². The summed E-state index contributed by atoms with van der Waals surface area (Å²) in [6.45, 7) is 3.03. The summed E-state index contributed by atoms with van der Waals surface area (Å²) in [6, 6.07) is 3.70. The average Bonchev–Trinajstić information content (AvgIpc) is 2.63. The summed E-state index contributed by atoms with van der Waals surface area (Å²) in [6.07, 6.45) is 1.77. The fourth-order valence-corrected chi connectivity index (χ4v) is 4.07. The number of hydrogen-bond acceptors (Lipinski definition) is 4. The smallest absolute Gasteiger partial charge is 0.236 e. The van der Waals surface area contributed by atoms with Crippen LogP contribution in [0.5, 0.6) is 0 Å². The van der Waals surface area contributed by atoms with Gasteiger partial charge in [-0.15, -0.1) is 11.8 Å². The maximum atomic E-state index is 13.2. The Balaban J connectivity index is 1.54. The number of carbonyl (C=O) groups excluding carboxylic acids is 2. The van der Waals surface area contributed by atoms with Crippen LogP contribution < -0.4 is 5.32 Å². The Morgan fingerprint density at radius 3 is 2.88 bits per heavy atom. The first-order chi connectivity index (χ1) is 12.0. The van der Waals surface area contributed by atoms with Crippen molar-refractivity contribution in [3.8, 4) is 0 Å². The number of halogens is 2. The van der Waals surface area contributed by atoms with E-state index in [0.717, 1.165) is 31.5 Å². The van der Waals surface area contributed by atoms with Gasteiger partial charge in [-0.25, -0.2) is 8.78 Å². The first-order valence-electron chi connectivity index (χ1n) is 8.40. The van der Waals surface area contributed by atoms with Crippen molar-refractivity contribution in [3.05, 3.63) is 29.8 Å². The van der Waals surface area contributed by atoms with Crippen LogP contribution in [0.15, 0.2) is 23.1 Å². The Morgan fingerprint density at radius 1 is 1.28 bits per heavy atom. The third-order valence-corrected chi connectivity index (χ3v) is 5.55. The number of likely N-dealkylation sites (tertiary alicyclic amines) is 1. The molecular weight excluding hydrogens is 348 g/mol. The molecule has 1 aromatic carbocycles. The van der Waals surface area contributed by atoms with Gasteiger partial charge < -0.3 is 15.1 Å². The second-order valence-corrected chi connectivity index (χ2v) is 7.31. The number of hydrogen-bond donors (Lipinski definition) is 1. The van der Waals surface area contributed by atoms with Crippen LogP contribution in [0, 0.1) is 11.6 Å². The fraction of sp³-hybridized carbons (Fsp3) is 0.529. The fourth-order valence-electron chi connectivity index (χ4n) is 3.25. The third kappa shape index (κ3) is 4.49. The number of rotatable bonds is 4. The summed E-state index contributed by atoms with van der Waals surface area (Å²) in [5.74, 6) is -1.58. The van der Waals surface area contributed by atoms with E-state index < -0.39 is 11.6 Å². The highest BCUT2D eigenvalue weighted by molar-refractivity contribution is 8.00. The number of thioether (sulfide) groups is 1. The van der Waals surface area contributed by atoms with Gasteiger partial charge in [-0.2, -0.15) is 0 Å². The monoisotopic (exact) mass is 369 g/mol. The van der Waals surface area contributed by atoms with Crippen LogP contribution in [-0.4, -0.2) is 66.1 Å². The van der Waals surface area contributed by atoms with Crippen molar-refractivity contribution in [2.24, 2.45) is 0 Å². The lowest BCUT2D eigenvalue weighted by molar-refractivity contribution is -0.139. The van der Waals surface area contributed by atoms with Crippen LogP contribution in [0.25, 0.3) is 0 Å². The summed E-state index contributed by atoms with van der Waals surface area (Å²) in [7, 11) is 0. The van der Waals surface area contributed by atoms with Gasteiger partial charge in [0.2, 0.25) is 11.8 Å². The molecule has 0 aliphatic carbocycles. The molecule has 2 aliphatic rings. The number of carbonyl (C=O) groups is 2. The highest BCUT2D eigenvalue weighted by Crippen LogP contribution is 2.22. The summed E-state index contributed by atoms with van der Waals surface area (Å²) in [4.78, 5) is 28.7. The molecule has 0 saturated carbocycles. The molecule has 2 aliphatic heterocycles. The predicted molar refractivity (Wildman–Crippen MR) is 91.3 cm³/mol. The number of nitrogens with one attached hydrogen (secondary N) is 1. The minimum absolute atomic E-state index is 0.0398. The van der Waals surface area contributed by atoms with Gasteiger partial charge in [-0.3, -0.25) is 9.59 Å². The van der Waals surface area contributed by atoms with Crippen molar-refractivity contribution >= 4 is 23.6 Å².